The summed E-state index contributed by atoms with van der Waals surface area (Å²) in [7, 11) is 0. The number of hydrogen-bond acceptors (Lipinski definition) is 4. The van der Waals surface area contributed by atoms with E-state index in [9.17, 15) is 9.59 Å². The molecule has 0 spiro atoms. The van der Waals surface area contributed by atoms with Crippen molar-refractivity contribution < 1.29 is 19.1 Å². The Morgan fingerprint density at radius 1 is 0.958 bits per heavy atom. The number of hydrogen-bond donors (Lipinski definition) is 0. The minimum atomic E-state index is -1.36. The first-order valence-electron chi connectivity index (χ1n) is 8.70. The van der Waals surface area contributed by atoms with Crippen LogP contribution in [-0.2, 0) is 19.1 Å². The molecular formula is C20H34O4. The van der Waals surface area contributed by atoms with Gasteiger partial charge in [0.25, 0.3) is 5.79 Å². The van der Waals surface area contributed by atoms with Gasteiger partial charge in [-0.05, 0) is 26.7 Å². The minimum absolute atomic E-state index is 0.107. The second kappa shape index (κ2) is 9.05. The van der Waals surface area contributed by atoms with Gasteiger partial charge in [-0.1, -0.05) is 60.6 Å². The summed E-state index contributed by atoms with van der Waals surface area (Å²) in [6, 6.07) is 0. The molecule has 0 saturated heterocycles. The standard InChI is InChI=1S/C20H34O4/c1-10-12-13-16(11-2)20(19(7,8)9,23-17(21)14(3)4)24-18(22)15(5)6/h16H,3,5,10-13H2,1-2,4,6-9H3. The summed E-state index contributed by atoms with van der Waals surface area (Å²) in [5.41, 5.74) is -0.0434. The minimum Gasteiger partial charge on any atom is -0.418 e. The molecule has 0 bridgehead atoms. The van der Waals surface area contributed by atoms with E-state index in [4.69, 9.17) is 9.47 Å². The van der Waals surface area contributed by atoms with Crippen LogP contribution >= 0.6 is 0 Å². The van der Waals surface area contributed by atoms with E-state index < -0.39 is 23.1 Å². The van der Waals surface area contributed by atoms with Gasteiger partial charge >= 0.3 is 11.9 Å². The molecule has 0 aromatic heterocycles. The third-order valence-corrected chi connectivity index (χ3v) is 4.17. The fourth-order valence-corrected chi connectivity index (χ4v) is 2.67. The summed E-state index contributed by atoms with van der Waals surface area (Å²) in [4.78, 5) is 24.6. The number of carbonyl (C=O) groups is 2. The quantitative estimate of drug-likeness (QED) is 0.330. The zero-order chi connectivity index (χ0) is 19.1. The van der Waals surface area contributed by atoms with Gasteiger partial charge in [0.05, 0.1) is 0 Å². The molecule has 0 N–H and O–H groups in total. The lowest BCUT2D eigenvalue weighted by atomic mass is 9.74. The van der Waals surface area contributed by atoms with Crippen molar-refractivity contribution in [3.8, 4) is 0 Å². The average molecular weight is 338 g/mol. The highest BCUT2D eigenvalue weighted by Gasteiger charge is 2.54. The van der Waals surface area contributed by atoms with E-state index in [1.54, 1.807) is 13.8 Å². The molecule has 1 unspecified atom stereocenters. The van der Waals surface area contributed by atoms with Crippen molar-refractivity contribution in [2.75, 3.05) is 0 Å². The Hall–Kier alpha value is -1.58. The molecule has 0 rings (SSSR count). The third kappa shape index (κ3) is 5.50. The molecule has 0 aromatic rings. The molecule has 0 aliphatic heterocycles. The average Bonchev–Trinajstić information content (AvgIpc) is 2.45. The van der Waals surface area contributed by atoms with Gasteiger partial charge in [-0.15, -0.1) is 0 Å². The zero-order valence-corrected chi connectivity index (χ0v) is 16.5. The van der Waals surface area contributed by atoms with Crippen molar-refractivity contribution in [3.05, 3.63) is 24.3 Å². The van der Waals surface area contributed by atoms with Crippen LogP contribution < -0.4 is 0 Å². The molecule has 0 heterocycles. The maximum Gasteiger partial charge on any atom is 0.336 e. The summed E-state index contributed by atoms with van der Waals surface area (Å²) in [6.45, 7) is 20.3. The Bertz CT molecular complexity index is 454. The number of ether oxygens (including phenoxy) is 2. The Morgan fingerprint density at radius 3 is 1.62 bits per heavy atom. The fraction of sp³-hybridized carbons (Fsp3) is 0.700. The molecule has 24 heavy (non-hydrogen) atoms. The smallest absolute Gasteiger partial charge is 0.336 e. The summed E-state index contributed by atoms with van der Waals surface area (Å²) in [5, 5.41) is 0. The second-order valence-electron chi connectivity index (χ2n) is 7.50. The van der Waals surface area contributed by atoms with E-state index in [2.05, 4.69) is 20.1 Å². The number of carbonyl (C=O) groups excluding carboxylic acids is 2. The van der Waals surface area contributed by atoms with Crippen LogP contribution in [0.15, 0.2) is 24.3 Å². The molecular weight excluding hydrogens is 304 g/mol. The van der Waals surface area contributed by atoms with E-state index in [-0.39, 0.29) is 17.1 Å². The highest BCUT2D eigenvalue weighted by atomic mass is 16.7. The van der Waals surface area contributed by atoms with E-state index in [0.717, 1.165) is 25.7 Å². The van der Waals surface area contributed by atoms with E-state index in [1.807, 2.05) is 27.7 Å². The first-order valence-corrected chi connectivity index (χ1v) is 8.70. The van der Waals surface area contributed by atoms with Gasteiger partial charge in [0.15, 0.2) is 0 Å². The van der Waals surface area contributed by atoms with Crippen LogP contribution in [0.1, 0.15) is 74.1 Å². The highest BCUT2D eigenvalue weighted by molar-refractivity contribution is 5.89. The third-order valence-electron chi connectivity index (χ3n) is 4.17. The Labute approximate surface area is 147 Å². The van der Waals surface area contributed by atoms with Crippen molar-refractivity contribution in [2.45, 2.75) is 79.9 Å². The normalized spacial score (nSPS) is 13.1. The van der Waals surface area contributed by atoms with Gasteiger partial charge in [0.2, 0.25) is 0 Å². The molecule has 0 amide bonds. The Morgan fingerprint density at radius 2 is 1.38 bits per heavy atom. The van der Waals surface area contributed by atoms with Crippen LogP contribution in [0.3, 0.4) is 0 Å². The van der Waals surface area contributed by atoms with Gasteiger partial charge in [0.1, 0.15) is 0 Å². The first kappa shape index (κ1) is 22.4. The van der Waals surface area contributed by atoms with Gasteiger partial charge < -0.3 is 9.47 Å². The molecule has 4 nitrogen and oxygen atoms in total. The first-order chi connectivity index (χ1) is 10.9. The predicted molar refractivity (Wildman–Crippen MR) is 97.3 cm³/mol. The van der Waals surface area contributed by atoms with Crippen molar-refractivity contribution in [1.82, 2.24) is 0 Å². The van der Waals surface area contributed by atoms with Crippen molar-refractivity contribution in [2.24, 2.45) is 11.3 Å². The highest BCUT2D eigenvalue weighted by Crippen LogP contribution is 2.45. The monoisotopic (exact) mass is 338 g/mol. The van der Waals surface area contributed by atoms with Gasteiger partial charge in [-0.3, -0.25) is 0 Å². The molecule has 1 atom stereocenters. The van der Waals surface area contributed by atoms with Crippen LogP contribution in [0, 0.1) is 11.3 Å². The van der Waals surface area contributed by atoms with E-state index >= 15 is 0 Å². The Kier molecular flexibility index (Phi) is 8.45. The van der Waals surface area contributed by atoms with Crippen LogP contribution in [-0.4, -0.2) is 17.7 Å². The van der Waals surface area contributed by atoms with E-state index in [0.29, 0.717) is 0 Å². The predicted octanol–water partition coefficient (Wildman–Crippen LogP) is 5.18. The molecule has 138 valence electrons. The molecule has 0 fully saturated rings. The summed E-state index contributed by atoms with van der Waals surface area (Å²) >= 11 is 0. The lowest BCUT2D eigenvalue weighted by Crippen LogP contribution is -2.56. The second-order valence-corrected chi connectivity index (χ2v) is 7.50. The SMILES string of the molecule is C=C(C)C(=O)OC(OC(=O)C(=C)C)(C(CC)CCCC)C(C)(C)C. The summed E-state index contributed by atoms with van der Waals surface area (Å²) in [5.74, 6) is -2.56. The van der Waals surface area contributed by atoms with E-state index in [1.165, 1.54) is 0 Å². The molecule has 0 aliphatic carbocycles. The maximum absolute atomic E-state index is 12.3. The van der Waals surface area contributed by atoms with Crippen LogP contribution in [0.2, 0.25) is 0 Å². The van der Waals surface area contributed by atoms with Gasteiger partial charge in [-0.25, -0.2) is 9.59 Å². The molecule has 0 aliphatic rings. The molecule has 0 aromatic carbocycles. The summed E-state index contributed by atoms with van der Waals surface area (Å²) < 4.78 is 11.6. The van der Waals surface area contributed by atoms with Crippen LogP contribution in [0.25, 0.3) is 0 Å². The summed E-state index contributed by atoms with van der Waals surface area (Å²) in [6.07, 6.45) is 3.51. The van der Waals surface area contributed by atoms with Crippen molar-refractivity contribution in [1.29, 1.82) is 0 Å². The number of rotatable bonds is 9. The molecule has 4 heteroatoms. The number of unbranched alkanes of at least 4 members (excludes halogenated alkanes) is 1. The zero-order valence-electron chi connectivity index (χ0n) is 16.5. The number of esters is 2. The van der Waals surface area contributed by atoms with Crippen LogP contribution in [0.5, 0.6) is 0 Å². The largest absolute Gasteiger partial charge is 0.418 e. The van der Waals surface area contributed by atoms with Crippen molar-refractivity contribution in [3.63, 3.8) is 0 Å². The fourth-order valence-electron chi connectivity index (χ4n) is 2.67. The van der Waals surface area contributed by atoms with Crippen LogP contribution in [0.4, 0.5) is 0 Å². The van der Waals surface area contributed by atoms with Gasteiger partial charge in [0, 0.05) is 22.5 Å². The molecule has 0 saturated carbocycles. The lowest BCUT2D eigenvalue weighted by molar-refractivity contribution is -0.285. The Balaban J connectivity index is 6.10. The lowest BCUT2D eigenvalue weighted by Gasteiger charge is -2.47. The maximum atomic E-state index is 12.3. The topological polar surface area (TPSA) is 52.6 Å². The van der Waals surface area contributed by atoms with Crippen molar-refractivity contribution >= 4 is 11.9 Å². The molecule has 0 radical (unpaired) electrons. The van der Waals surface area contributed by atoms with Gasteiger partial charge in [-0.2, -0.15) is 0 Å².